The van der Waals surface area contributed by atoms with E-state index < -0.39 is 17.9 Å². The van der Waals surface area contributed by atoms with E-state index >= 15 is 0 Å². The molecule has 0 spiro atoms. The molecule has 19 heavy (non-hydrogen) atoms. The third kappa shape index (κ3) is 2.46. The fourth-order valence-electron chi connectivity index (χ4n) is 2.47. The van der Waals surface area contributed by atoms with E-state index in [9.17, 15) is 9.18 Å². The molecular formula is C14H17FN2O2. The lowest BCUT2D eigenvalue weighted by Crippen LogP contribution is -2.36. The fourth-order valence-corrected chi connectivity index (χ4v) is 2.47. The number of carboxylic acids is 1. The normalized spacial score (nSPS) is 14.5. The van der Waals surface area contributed by atoms with Crippen molar-refractivity contribution in [2.45, 2.75) is 31.7 Å². The summed E-state index contributed by atoms with van der Waals surface area (Å²) in [5.74, 6) is -1.82. The summed E-state index contributed by atoms with van der Waals surface area (Å²) in [6.07, 6.45) is 3.05. The number of hydrogen-bond acceptors (Lipinski definition) is 2. The van der Waals surface area contributed by atoms with Gasteiger partial charge < -0.3 is 15.8 Å². The van der Waals surface area contributed by atoms with Crippen LogP contribution in [0.2, 0.25) is 0 Å². The van der Waals surface area contributed by atoms with Crippen molar-refractivity contribution in [1.29, 1.82) is 0 Å². The zero-order valence-corrected chi connectivity index (χ0v) is 10.7. The Morgan fingerprint density at radius 2 is 2.26 bits per heavy atom. The van der Waals surface area contributed by atoms with Gasteiger partial charge in [-0.2, -0.15) is 0 Å². The molecule has 0 aliphatic rings. The first-order chi connectivity index (χ1) is 9.06. The number of nitrogens with two attached hydrogens (primary N) is 1. The second kappa shape index (κ2) is 5.40. The Morgan fingerprint density at radius 3 is 2.89 bits per heavy atom. The first-order valence-electron chi connectivity index (χ1n) is 6.30. The van der Waals surface area contributed by atoms with Crippen LogP contribution in [0.1, 0.15) is 31.2 Å². The Balaban J connectivity index is 2.53. The largest absolute Gasteiger partial charge is 0.480 e. The highest BCUT2D eigenvalue weighted by Crippen LogP contribution is 2.32. The molecule has 2 rings (SSSR count). The summed E-state index contributed by atoms with van der Waals surface area (Å²) in [7, 11) is 0. The lowest BCUT2D eigenvalue weighted by molar-refractivity contribution is -0.139. The second-order valence-corrected chi connectivity index (χ2v) is 4.67. The fraction of sp³-hybridized carbons (Fsp3) is 0.357. The zero-order valence-electron chi connectivity index (χ0n) is 10.7. The average Bonchev–Trinajstić information content (AvgIpc) is 2.80. The van der Waals surface area contributed by atoms with Gasteiger partial charge in [-0.1, -0.05) is 19.4 Å². The van der Waals surface area contributed by atoms with E-state index in [1.165, 1.54) is 6.07 Å². The van der Waals surface area contributed by atoms with E-state index in [0.29, 0.717) is 22.9 Å². The molecule has 0 saturated heterocycles. The molecule has 4 N–H and O–H groups in total. The van der Waals surface area contributed by atoms with Crippen LogP contribution < -0.4 is 5.73 Å². The summed E-state index contributed by atoms with van der Waals surface area (Å²) in [6, 6.07) is 3.72. The van der Waals surface area contributed by atoms with Crippen molar-refractivity contribution in [3.63, 3.8) is 0 Å². The summed E-state index contributed by atoms with van der Waals surface area (Å²) in [4.78, 5) is 14.1. The van der Waals surface area contributed by atoms with E-state index in [1.807, 2.05) is 6.92 Å². The van der Waals surface area contributed by atoms with Crippen molar-refractivity contribution in [3.05, 3.63) is 35.8 Å². The minimum Gasteiger partial charge on any atom is -0.480 e. The van der Waals surface area contributed by atoms with Crippen LogP contribution in [0.15, 0.2) is 24.4 Å². The SMILES string of the molecule is CCCC(c1c[nH]c2cccc(F)c12)[C@H](N)C(=O)O. The van der Waals surface area contributed by atoms with Crippen molar-refractivity contribution >= 4 is 16.9 Å². The molecule has 0 fully saturated rings. The second-order valence-electron chi connectivity index (χ2n) is 4.67. The van der Waals surface area contributed by atoms with Crippen LogP contribution in [0, 0.1) is 5.82 Å². The summed E-state index contributed by atoms with van der Waals surface area (Å²) >= 11 is 0. The highest BCUT2D eigenvalue weighted by Gasteiger charge is 2.28. The molecule has 0 bridgehead atoms. The van der Waals surface area contributed by atoms with Gasteiger partial charge in [0.25, 0.3) is 0 Å². The van der Waals surface area contributed by atoms with Crippen LogP contribution in [-0.4, -0.2) is 22.1 Å². The highest BCUT2D eigenvalue weighted by atomic mass is 19.1. The maximum Gasteiger partial charge on any atom is 0.321 e. The molecule has 0 amide bonds. The minimum atomic E-state index is -1.07. The zero-order chi connectivity index (χ0) is 14.0. The molecule has 0 radical (unpaired) electrons. The van der Waals surface area contributed by atoms with Gasteiger partial charge in [-0.05, 0) is 24.1 Å². The van der Waals surface area contributed by atoms with Crippen molar-refractivity contribution in [1.82, 2.24) is 4.98 Å². The number of carboxylic acid groups (broad SMARTS) is 1. The van der Waals surface area contributed by atoms with E-state index in [-0.39, 0.29) is 5.82 Å². The molecule has 0 aliphatic heterocycles. The predicted octanol–water partition coefficient (Wildman–Crippen LogP) is 2.60. The number of aliphatic carboxylic acids is 1. The Morgan fingerprint density at radius 1 is 1.53 bits per heavy atom. The Bertz CT molecular complexity index is 594. The number of carbonyl (C=O) groups is 1. The molecule has 1 aromatic heterocycles. The molecule has 5 heteroatoms. The summed E-state index contributed by atoms with van der Waals surface area (Å²) in [5, 5.41) is 9.53. The quantitative estimate of drug-likeness (QED) is 0.776. The molecule has 1 unspecified atom stereocenters. The number of aromatic nitrogens is 1. The van der Waals surface area contributed by atoms with Crippen molar-refractivity contribution in [2.24, 2.45) is 5.73 Å². The molecule has 1 heterocycles. The summed E-state index contributed by atoms with van der Waals surface area (Å²) in [6.45, 7) is 1.95. The third-order valence-corrected chi connectivity index (χ3v) is 3.40. The van der Waals surface area contributed by atoms with Crippen LogP contribution in [-0.2, 0) is 4.79 Å². The molecule has 102 valence electrons. The van der Waals surface area contributed by atoms with Crippen LogP contribution in [0.5, 0.6) is 0 Å². The number of nitrogens with one attached hydrogen (secondary N) is 1. The van der Waals surface area contributed by atoms with E-state index in [2.05, 4.69) is 4.98 Å². The number of H-pyrrole nitrogens is 1. The van der Waals surface area contributed by atoms with Gasteiger partial charge in [0.05, 0.1) is 0 Å². The Labute approximate surface area is 110 Å². The summed E-state index contributed by atoms with van der Waals surface area (Å²) < 4.78 is 13.9. The van der Waals surface area contributed by atoms with Gasteiger partial charge >= 0.3 is 5.97 Å². The maximum absolute atomic E-state index is 13.9. The van der Waals surface area contributed by atoms with Gasteiger partial charge in [0.2, 0.25) is 0 Å². The van der Waals surface area contributed by atoms with Gasteiger partial charge in [-0.25, -0.2) is 4.39 Å². The molecule has 0 aliphatic carbocycles. The van der Waals surface area contributed by atoms with E-state index in [1.54, 1.807) is 18.3 Å². The molecule has 0 saturated carbocycles. The lowest BCUT2D eigenvalue weighted by atomic mass is 9.87. The van der Waals surface area contributed by atoms with Crippen molar-refractivity contribution in [2.75, 3.05) is 0 Å². The van der Waals surface area contributed by atoms with E-state index in [0.717, 1.165) is 6.42 Å². The maximum atomic E-state index is 13.9. The first-order valence-corrected chi connectivity index (χ1v) is 6.30. The van der Waals surface area contributed by atoms with Crippen LogP contribution in [0.4, 0.5) is 4.39 Å². The molecule has 1 aromatic carbocycles. The smallest absolute Gasteiger partial charge is 0.321 e. The Hall–Kier alpha value is -1.88. The van der Waals surface area contributed by atoms with Crippen LogP contribution in [0.3, 0.4) is 0 Å². The average molecular weight is 264 g/mol. The van der Waals surface area contributed by atoms with Crippen molar-refractivity contribution < 1.29 is 14.3 Å². The number of fused-ring (bicyclic) bond motifs is 1. The number of benzene rings is 1. The third-order valence-electron chi connectivity index (χ3n) is 3.40. The van der Waals surface area contributed by atoms with Crippen LogP contribution >= 0.6 is 0 Å². The Kier molecular flexibility index (Phi) is 3.85. The molecule has 2 atom stereocenters. The monoisotopic (exact) mass is 264 g/mol. The van der Waals surface area contributed by atoms with Crippen molar-refractivity contribution in [3.8, 4) is 0 Å². The van der Waals surface area contributed by atoms with Gasteiger partial charge in [-0.15, -0.1) is 0 Å². The number of rotatable bonds is 5. The van der Waals surface area contributed by atoms with E-state index in [4.69, 9.17) is 10.8 Å². The number of halogens is 1. The minimum absolute atomic E-state index is 0.354. The molecular weight excluding hydrogens is 247 g/mol. The summed E-state index contributed by atoms with van der Waals surface area (Å²) in [5.41, 5.74) is 7.05. The van der Waals surface area contributed by atoms with Crippen LogP contribution in [0.25, 0.3) is 10.9 Å². The van der Waals surface area contributed by atoms with Gasteiger partial charge in [0.15, 0.2) is 0 Å². The standard InChI is InChI=1S/C14H17FN2O2/c1-2-4-8(13(16)14(18)19)9-7-17-11-6-3-5-10(15)12(9)11/h3,5-8,13,17H,2,4,16H2,1H3,(H,18,19)/t8?,13-/m0/s1. The first kappa shape index (κ1) is 13.5. The molecule has 2 aromatic rings. The highest BCUT2D eigenvalue weighted by molar-refractivity contribution is 5.86. The van der Waals surface area contributed by atoms with Gasteiger partial charge in [-0.3, -0.25) is 4.79 Å². The molecule has 4 nitrogen and oxygen atoms in total. The van der Waals surface area contributed by atoms with Gasteiger partial charge in [0, 0.05) is 23.0 Å². The topological polar surface area (TPSA) is 79.1 Å². The lowest BCUT2D eigenvalue weighted by Gasteiger charge is -2.20. The predicted molar refractivity (Wildman–Crippen MR) is 71.5 cm³/mol. The number of hydrogen-bond donors (Lipinski definition) is 3. The number of aromatic amines is 1. The van der Waals surface area contributed by atoms with Gasteiger partial charge in [0.1, 0.15) is 11.9 Å².